The molecule has 0 aromatic rings. The molecule has 30 heavy (non-hydrogen) atoms. The fourth-order valence-corrected chi connectivity index (χ4v) is 8.86. The summed E-state index contributed by atoms with van der Waals surface area (Å²) in [5.41, 5.74) is -0.287. The van der Waals surface area contributed by atoms with Gasteiger partial charge in [0, 0.05) is 24.2 Å². The zero-order valence-corrected chi connectivity index (χ0v) is 19.4. The van der Waals surface area contributed by atoms with Crippen molar-refractivity contribution in [3.8, 4) is 0 Å². The van der Waals surface area contributed by atoms with Gasteiger partial charge in [-0.2, -0.15) is 0 Å². The number of hydrogen-bond acceptors (Lipinski definition) is 5. The van der Waals surface area contributed by atoms with Crippen molar-refractivity contribution in [2.45, 2.75) is 104 Å². The van der Waals surface area contributed by atoms with Crippen LogP contribution >= 0.6 is 0 Å². The molecule has 0 aromatic carbocycles. The third-order valence-electron chi connectivity index (χ3n) is 10.1. The summed E-state index contributed by atoms with van der Waals surface area (Å²) in [7, 11) is 0. The Bertz CT molecular complexity index is 761. The van der Waals surface area contributed by atoms with Crippen LogP contribution in [0.25, 0.3) is 0 Å². The molecule has 4 aliphatic carbocycles. The molecule has 5 nitrogen and oxygen atoms in total. The van der Waals surface area contributed by atoms with Crippen molar-refractivity contribution in [1.82, 2.24) is 0 Å². The Balaban J connectivity index is 1.56. The van der Waals surface area contributed by atoms with Crippen molar-refractivity contribution in [2.24, 2.45) is 40.4 Å². The summed E-state index contributed by atoms with van der Waals surface area (Å²) in [5, 5.41) is 0. The van der Waals surface area contributed by atoms with Gasteiger partial charge in [-0.3, -0.25) is 9.59 Å². The molecule has 1 aliphatic heterocycles. The van der Waals surface area contributed by atoms with Gasteiger partial charge in [0.25, 0.3) is 0 Å². The number of ether oxygens (including phenoxy) is 3. The van der Waals surface area contributed by atoms with Gasteiger partial charge in [-0.1, -0.05) is 20.8 Å². The van der Waals surface area contributed by atoms with Crippen molar-refractivity contribution in [1.29, 1.82) is 0 Å². The van der Waals surface area contributed by atoms with Crippen molar-refractivity contribution >= 4 is 11.8 Å². The van der Waals surface area contributed by atoms with Crippen molar-refractivity contribution in [3.05, 3.63) is 0 Å². The molecule has 0 bridgehead atoms. The fourth-order valence-electron chi connectivity index (χ4n) is 8.86. The molecule has 5 fully saturated rings. The van der Waals surface area contributed by atoms with Gasteiger partial charge in [-0.05, 0) is 75.5 Å². The zero-order valence-electron chi connectivity index (χ0n) is 19.4. The largest absolute Gasteiger partial charge is 0.459 e. The fraction of sp³-hybridized carbons (Fsp3) is 0.920. The smallest absolute Gasteiger partial charge is 0.303 e. The topological polar surface area (TPSA) is 61.8 Å². The molecule has 5 heteroatoms. The lowest BCUT2D eigenvalue weighted by molar-refractivity contribution is -0.230. The van der Waals surface area contributed by atoms with Crippen LogP contribution < -0.4 is 0 Å². The van der Waals surface area contributed by atoms with Gasteiger partial charge in [0.05, 0.1) is 6.10 Å². The van der Waals surface area contributed by atoms with E-state index < -0.39 is 5.79 Å². The molecule has 168 valence electrons. The average Bonchev–Trinajstić information content (AvgIpc) is 3.14. The second-order valence-electron chi connectivity index (χ2n) is 11.8. The molecule has 0 amide bonds. The Labute approximate surface area is 180 Å². The van der Waals surface area contributed by atoms with E-state index in [1.54, 1.807) is 0 Å². The van der Waals surface area contributed by atoms with Crippen LogP contribution in [0.5, 0.6) is 0 Å². The van der Waals surface area contributed by atoms with Crippen LogP contribution in [0.4, 0.5) is 0 Å². The third kappa shape index (κ3) is 2.66. The number of fused-ring (bicyclic) bond motifs is 6. The van der Waals surface area contributed by atoms with Gasteiger partial charge in [-0.25, -0.2) is 0 Å². The maximum Gasteiger partial charge on any atom is 0.303 e. The molecule has 5 rings (SSSR count). The van der Waals surface area contributed by atoms with E-state index in [1.165, 1.54) is 13.3 Å². The van der Waals surface area contributed by atoms with Crippen LogP contribution in [0.1, 0.15) is 80.1 Å². The van der Waals surface area contributed by atoms with Crippen molar-refractivity contribution in [3.63, 3.8) is 0 Å². The van der Waals surface area contributed by atoms with Crippen LogP contribution in [0.15, 0.2) is 0 Å². The summed E-state index contributed by atoms with van der Waals surface area (Å²) in [4.78, 5) is 25.0. The van der Waals surface area contributed by atoms with E-state index in [0.717, 1.165) is 32.1 Å². The minimum absolute atomic E-state index is 0.0408. The highest BCUT2D eigenvalue weighted by molar-refractivity contribution is 5.87. The monoisotopic (exact) mass is 418 g/mol. The van der Waals surface area contributed by atoms with Crippen LogP contribution in [-0.2, 0) is 23.8 Å². The summed E-state index contributed by atoms with van der Waals surface area (Å²) >= 11 is 0. The molecule has 0 N–H and O–H groups in total. The molecular formula is C25H38O5. The van der Waals surface area contributed by atoms with E-state index in [1.807, 2.05) is 13.8 Å². The lowest BCUT2D eigenvalue weighted by Gasteiger charge is -2.64. The van der Waals surface area contributed by atoms with Gasteiger partial charge in [0.2, 0.25) is 0 Å². The number of ketones is 1. The van der Waals surface area contributed by atoms with E-state index >= 15 is 0 Å². The van der Waals surface area contributed by atoms with Crippen LogP contribution in [0.3, 0.4) is 0 Å². The number of hydrogen-bond donors (Lipinski definition) is 0. The molecule has 1 heterocycles. The van der Waals surface area contributed by atoms with Crippen LogP contribution in [0, 0.1) is 40.4 Å². The van der Waals surface area contributed by atoms with Gasteiger partial charge in [0.1, 0.15) is 18.0 Å². The summed E-state index contributed by atoms with van der Waals surface area (Å²) in [6, 6.07) is 0. The standard InChI is InChI=1S/C25H38O5/c1-13-16-8-7-15-17-9-10-19(27)24(17,5)12-11-18(15)25(16,6)22(28-14(2)26)21-20(13)29-23(3,4)30-21/h13,15-18,20-22H,7-12H2,1-6H3/t13-,15-,16-,17-,18-,20+,21+,22-,24-,25-/m0/s1. The molecule has 0 aromatic heterocycles. The van der Waals surface area contributed by atoms with E-state index in [0.29, 0.717) is 35.4 Å². The molecule has 0 unspecified atom stereocenters. The predicted molar refractivity (Wildman–Crippen MR) is 111 cm³/mol. The number of rotatable bonds is 1. The van der Waals surface area contributed by atoms with Gasteiger partial charge in [-0.15, -0.1) is 0 Å². The minimum atomic E-state index is -0.658. The Hall–Kier alpha value is -0.940. The third-order valence-corrected chi connectivity index (χ3v) is 10.1. The van der Waals surface area contributed by atoms with Gasteiger partial charge < -0.3 is 14.2 Å². The Morgan fingerprint density at radius 1 is 0.967 bits per heavy atom. The Morgan fingerprint density at radius 2 is 1.67 bits per heavy atom. The number of carbonyl (C=O) groups excluding carboxylic acids is 2. The second kappa shape index (κ2) is 6.54. The highest BCUT2D eigenvalue weighted by Gasteiger charge is 2.69. The summed E-state index contributed by atoms with van der Waals surface area (Å²) in [6.45, 7) is 12.3. The molecule has 5 aliphatic rings. The number of esters is 1. The van der Waals surface area contributed by atoms with Crippen molar-refractivity contribution < 1.29 is 23.8 Å². The lowest BCUT2D eigenvalue weighted by Crippen LogP contribution is -2.66. The van der Waals surface area contributed by atoms with E-state index in [9.17, 15) is 9.59 Å². The average molecular weight is 419 g/mol. The SMILES string of the molecule is CC(=O)O[C@H]1[C@@H]2OC(C)(C)O[C@@H]2[C@@H](C)[C@@H]2CC[C@@H]3[C@H](CC[C@]4(C)C(=O)CC[C@@H]34)[C@]21C. The van der Waals surface area contributed by atoms with Crippen LogP contribution in [0.2, 0.25) is 0 Å². The number of carbonyl (C=O) groups is 2. The summed E-state index contributed by atoms with van der Waals surface area (Å²) < 4.78 is 18.9. The molecule has 0 radical (unpaired) electrons. The molecule has 4 saturated carbocycles. The maximum absolute atomic E-state index is 12.7. The molecule has 10 atom stereocenters. The quantitative estimate of drug-likeness (QED) is 0.586. The first kappa shape index (κ1) is 20.9. The summed E-state index contributed by atoms with van der Waals surface area (Å²) in [5.74, 6) is 1.84. The normalized spacial score (nSPS) is 54.0. The molecule has 1 saturated heterocycles. The predicted octanol–water partition coefficient (Wildman–Crippen LogP) is 4.52. The maximum atomic E-state index is 12.7. The van der Waals surface area contributed by atoms with Crippen molar-refractivity contribution in [2.75, 3.05) is 0 Å². The Morgan fingerprint density at radius 3 is 2.37 bits per heavy atom. The first-order chi connectivity index (χ1) is 14.0. The second-order valence-corrected chi connectivity index (χ2v) is 11.8. The van der Waals surface area contributed by atoms with Gasteiger partial charge in [0.15, 0.2) is 5.79 Å². The number of Topliss-reactive ketones (excluding diaryl/α,β-unsaturated/α-hetero) is 1. The van der Waals surface area contributed by atoms with Gasteiger partial charge >= 0.3 is 5.97 Å². The van der Waals surface area contributed by atoms with E-state index in [-0.39, 0.29) is 35.1 Å². The van der Waals surface area contributed by atoms with E-state index in [4.69, 9.17) is 14.2 Å². The molecule has 0 spiro atoms. The lowest BCUT2D eigenvalue weighted by atomic mass is 9.42. The Kier molecular flexibility index (Phi) is 4.56. The van der Waals surface area contributed by atoms with E-state index in [2.05, 4.69) is 20.8 Å². The summed E-state index contributed by atoms with van der Waals surface area (Å²) in [6.07, 6.45) is 5.52. The highest BCUT2D eigenvalue weighted by Crippen LogP contribution is 2.67. The first-order valence-corrected chi connectivity index (χ1v) is 12.0. The minimum Gasteiger partial charge on any atom is -0.459 e. The first-order valence-electron chi connectivity index (χ1n) is 12.0. The zero-order chi connectivity index (χ0) is 21.6. The highest BCUT2D eigenvalue weighted by atomic mass is 16.8. The van der Waals surface area contributed by atoms with Crippen LogP contribution in [-0.4, -0.2) is 35.9 Å². The molecular weight excluding hydrogens is 380 g/mol.